The van der Waals surface area contributed by atoms with E-state index >= 15 is 0 Å². The van der Waals surface area contributed by atoms with Crippen molar-refractivity contribution in [2.75, 3.05) is 25.5 Å². The van der Waals surface area contributed by atoms with E-state index < -0.39 is 0 Å². The highest BCUT2D eigenvalue weighted by molar-refractivity contribution is 5.52. The van der Waals surface area contributed by atoms with Gasteiger partial charge in [-0.05, 0) is 59.7 Å². The zero-order valence-electron chi connectivity index (χ0n) is 11.4. The van der Waals surface area contributed by atoms with Crippen LogP contribution in [0.5, 0.6) is 0 Å². The predicted octanol–water partition coefficient (Wildman–Crippen LogP) is 2.17. The summed E-state index contributed by atoms with van der Waals surface area (Å²) in [7, 11) is 2.21. The Balaban J connectivity index is 1.95. The van der Waals surface area contributed by atoms with Crippen molar-refractivity contribution in [2.24, 2.45) is 5.92 Å². The van der Waals surface area contributed by atoms with Gasteiger partial charge in [-0.25, -0.2) is 0 Å². The highest BCUT2D eigenvalue weighted by atomic mass is 15.2. The lowest BCUT2D eigenvalue weighted by Crippen LogP contribution is -2.37. The van der Waals surface area contributed by atoms with E-state index in [1.165, 1.54) is 31.6 Å². The lowest BCUT2D eigenvalue weighted by atomic mass is 9.90. The Morgan fingerprint density at radius 2 is 2.00 bits per heavy atom. The van der Waals surface area contributed by atoms with Crippen LogP contribution in [0.15, 0.2) is 0 Å². The molecule has 1 fully saturated rings. The molecule has 1 aromatic rings. The molecular formula is C13H24N4. The van der Waals surface area contributed by atoms with Gasteiger partial charge in [-0.1, -0.05) is 0 Å². The number of H-pyrrole nitrogens is 1. The maximum atomic E-state index is 4.23. The molecule has 0 radical (unpaired) electrons. The normalized spacial score (nSPS) is 20.5. The molecule has 2 N–H and O–H groups in total. The minimum atomic E-state index is 0.527. The molecule has 1 unspecified atom stereocenters. The molecule has 1 aliphatic heterocycles. The lowest BCUT2D eigenvalue weighted by Gasteiger charge is -2.33. The molecule has 0 aliphatic carbocycles. The second-order valence-electron chi connectivity index (χ2n) is 5.38. The van der Waals surface area contributed by atoms with Gasteiger partial charge in [-0.15, -0.1) is 0 Å². The molecule has 0 amide bonds. The first-order valence-corrected chi connectivity index (χ1v) is 6.54. The Labute approximate surface area is 104 Å². The molecule has 1 aromatic heterocycles. The SMILES string of the molecule is Cc1n[nH]c(C)c1NC(C)C1CCN(C)CC1. The molecule has 1 atom stereocenters. The maximum Gasteiger partial charge on any atom is 0.0825 e. The van der Waals surface area contributed by atoms with Gasteiger partial charge in [0, 0.05) is 6.04 Å². The smallest absolute Gasteiger partial charge is 0.0825 e. The van der Waals surface area contributed by atoms with Gasteiger partial charge in [0.1, 0.15) is 0 Å². The Bertz CT molecular complexity index is 344. The van der Waals surface area contributed by atoms with Crippen LogP contribution in [0.2, 0.25) is 0 Å². The van der Waals surface area contributed by atoms with Crippen molar-refractivity contribution in [3.05, 3.63) is 11.4 Å². The fraction of sp³-hybridized carbons (Fsp3) is 0.769. The van der Waals surface area contributed by atoms with Crippen molar-refractivity contribution in [2.45, 2.75) is 39.7 Å². The number of anilines is 1. The van der Waals surface area contributed by atoms with E-state index in [1.807, 2.05) is 6.92 Å². The van der Waals surface area contributed by atoms with Crippen LogP contribution >= 0.6 is 0 Å². The van der Waals surface area contributed by atoms with Crippen molar-refractivity contribution in [3.8, 4) is 0 Å². The largest absolute Gasteiger partial charge is 0.379 e. The summed E-state index contributed by atoms with van der Waals surface area (Å²) in [5.74, 6) is 0.778. The summed E-state index contributed by atoms with van der Waals surface area (Å²) >= 11 is 0. The number of nitrogens with one attached hydrogen (secondary N) is 2. The van der Waals surface area contributed by atoms with Crippen molar-refractivity contribution >= 4 is 5.69 Å². The van der Waals surface area contributed by atoms with Crippen molar-refractivity contribution < 1.29 is 0 Å². The van der Waals surface area contributed by atoms with Gasteiger partial charge in [0.2, 0.25) is 0 Å². The number of aromatic amines is 1. The Kier molecular flexibility index (Phi) is 3.72. The van der Waals surface area contributed by atoms with E-state index in [0.29, 0.717) is 6.04 Å². The van der Waals surface area contributed by atoms with Crippen LogP contribution in [0.1, 0.15) is 31.2 Å². The predicted molar refractivity (Wildman–Crippen MR) is 71.4 cm³/mol. The first-order valence-electron chi connectivity index (χ1n) is 6.54. The summed E-state index contributed by atoms with van der Waals surface area (Å²) in [5, 5.41) is 10.9. The van der Waals surface area contributed by atoms with Crippen molar-refractivity contribution in [1.29, 1.82) is 0 Å². The van der Waals surface area contributed by atoms with E-state index in [0.717, 1.165) is 17.3 Å². The Morgan fingerprint density at radius 3 is 2.53 bits per heavy atom. The number of likely N-dealkylation sites (tertiary alicyclic amines) is 1. The molecule has 17 heavy (non-hydrogen) atoms. The average molecular weight is 236 g/mol. The molecule has 0 bridgehead atoms. The highest BCUT2D eigenvalue weighted by Crippen LogP contribution is 2.24. The molecule has 0 spiro atoms. The van der Waals surface area contributed by atoms with Crippen molar-refractivity contribution in [3.63, 3.8) is 0 Å². The Hall–Kier alpha value is -1.03. The average Bonchev–Trinajstić information content (AvgIpc) is 2.61. The standard InChI is InChI=1S/C13H24N4/c1-9(12-5-7-17(4)8-6-12)14-13-10(2)15-16-11(13)3/h9,12,14H,5-8H2,1-4H3,(H,15,16). The summed E-state index contributed by atoms with van der Waals surface area (Å²) in [5.41, 5.74) is 3.40. The van der Waals surface area contributed by atoms with Crippen LogP contribution in [-0.4, -0.2) is 41.3 Å². The third-order valence-electron chi connectivity index (χ3n) is 3.97. The number of rotatable bonds is 3. The number of aryl methyl sites for hydroxylation is 2. The summed E-state index contributed by atoms with van der Waals surface area (Å²) in [6, 6.07) is 0.527. The number of piperidine rings is 1. The number of hydrogen-bond donors (Lipinski definition) is 2. The minimum absolute atomic E-state index is 0.527. The van der Waals surface area contributed by atoms with Gasteiger partial charge in [0.25, 0.3) is 0 Å². The van der Waals surface area contributed by atoms with Crippen molar-refractivity contribution in [1.82, 2.24) is 15.1 Å². The van der Waals surface area contributed by atoms with Gasteiger partial charge in [0.05, 0.1) is 17.1 Å². The van der Waals surface area contributed by atoms with Crippen LogP contribution in [0.3, 0.4) is 0 Å². The summed E-state index contributed by atoms with van der Waals surface area (Å²) in [6.07, 6.45) is 2.58. The molecule has 2 rings (SSSR count). The monoisotopic (exact) mass is 236 g/mol. The fourth-order valence-corrected chi connectivity index (χ4v) is 2.64. The van der Waals surface area contributed by atoms with E-state index in [4.69, 9.17) is 0 Å². The number of aromatic nitrogens is 2. The van der Waals surface area contributed by atoms with Crippen LogP contribution < -0.4 is 5.32 Å². The molecule has 4 heteroatoms. The third kappa shape index (κ3) is 2.80. The summed E-state index contributed by atoms with van der Waals surface area (Å²) < 4.78 is 0. The van der Waals surface area contributed by atoms with Crippen LogP contribution in [0.4, 0.5) is 5.69 Å². The van der Waals surface area contributed by atoms with E-state index in [1.54, 1.807) is 0 Å². The lowest BCUT2D eigenvalue weighted by molar-refractivity contribution is 0.208. The molecule has 1 aliphatic rings. The van der Waals surface area contributed by atoms with Gasteiger partial charge in [0.15, 0.2) is 0 Å². The molecule has 0 saturated carbocycles. The second kappa shape index (κ2) is 5.08. The van der Waals surface area contributed by atoms with Gasteiger partial charge < -0.3 is 10.2 Å². The zero-order valence-corrected chi connectivity index (χ0v) is 11.4. The van der Waals surface area contributed by atoms with E-state index in [2.05, 4.69) is 41.3 Å². The van der Waals surface area contributed by atoms with E-state index in [9.17, 15) is 0 Å². The highest BCUT2D eigenvalue weighted by Gasteiger charge is 2.23. The summed E-state index contributed by atoms with van der Waals surface area (Å²) in [6.45, 7) is 8.86. The van der Waals surface area contributed by atoms with E-state index in [-0.39, 0.29) is 0 Å². The number of hydrogen-bond acceptors (Lipinski definition) is 3. The summed E-state index contributed by atoms with van der Waals surface area (Å²) in [4.78, 5) is 2.41. The molecule has 0 aromatic carbocycles. The van der Waals surface area contributed by atoms with Gasteiger partial charge in [-0.3, -0.25) is 5.10 Å². The zero-order chi connectivity index (χ0) is 12.4. The number of nitrogens with zero attached hydrogens (tertiary/aromatic N) is 2. The fourth-order valence-electron chi connectivity index (χ4n) is 2.64. The second-order valence-corrected chi connectivity index (χ2v) is 5.38. The molecule has 2 heterocycles. The molecule has 1 saturated heterocycles. The van der Waals surface area contributed by atoms with Gasteiger partial charge in [-0.2, -0.15) is 5.10 Å². The first-order chi connectivity index (χ1) is 8.08. The van der Waals surface area contributed by atoms with Crippen LogP contribution in [0, 0.1) is 19.8 Å². The Morgan fingerprint density at radius 1 is 1.35 bits per heavy atom. The quantitative estimate of drug-likeness (QED) is 0.845. The molecular weight excluding hydrogens is 212 g/mol. The molecule has 96 valence electrons. The first kappa shape index (κ1) is 12.4. The van der Waals surface area contributed by atoms with Crippen LogP contribution in [0.25, 0.3) is 0 Å². The topological polar surface area (TPSA) is 44.0 Å². The maximum absolute atomic E-state index is 4.23. The minimum Gasteiger partial charge on any atom is -0.379 e. The van der Waals surface area contributed by atoms with Crippen LogP contribution in [-0.2, 0) is 0 Å². The third-order valence-corrected chi connectivity index (χ3v) is 3.97. The van der Waals surface area contributed by atoms with Gasteiger partial charge >= 0.3 is 0 Å². The molecule has 4 nitrogen and oxygen atoms in total.